The normalized spacial score (nSPS) is 11.2. The molecule has 0 fully saturated rings. The van der Waals surface area contributed by atoms with Gasteiger partial charge in [0.05, 0.1) is 0 Å². The lowest BCUT2D eigenvalue weighted by molar-refractivity contribution is -0.146. The van der Waals surface area contributed by atoms with Gasteiger partial charge in [0.1, 0.15) is 18.7 Å². The van der Waals surface area contributed by atoms with Crippen LogP contribution in [0.2, 0.25) is 0 Å². The van der Waals surface area contributed by atoms with Gasteiger partial charge in [0, 0.05) is 6.20 Å². The lowest BCUT2D eigenvalue weighted by atomic mass is 10.2. The van der Waals surface area contributed by atoms with Crippen LogP contribution in [0.4, 0.5) is 13.2 Å². The molecule has 0 radical (unpaired) electrons. The number of ether oxygens (including phenoxy) is 1. The van der Waals surface area contributed by atoms with Crippen LogP contribution < -0.4 is 5.56 Å². The molecule has 2 aromatic rings. The molecular weight excluding hydrogens is 299 g/mol. The Morgan fingerprint density at radius 1 is 1.09 bits per heavy atom. The van der Waals surface area contributed by atoms with E-state index in [4.69, 9.17) is 4.74 Å². The molecule has 0 unspecified atom stereocenters. The summed E-state index contributed by atoms with van der Waals surface area (Å²) in [6.45, 7) is -0.580. The van der Waals surface area contributed by atoms with E-state index in [0.717, 1.165) is 17.8 Å². The van der Waals surface area contributed by atoms with Gasteiger partial charge in [-0.15, -0.1) is 0 Å². The molecule has 1 heterocycles. The minimum atomic E-state index is -4.76. The maximum atomic E-state index is 12.6. The van der Waals surface area contributed by atoms with E-state index in [0.29, 0.717) is 10.6 Å². The Hall–Kier alpha value is -2.57. The predicted octanol–water partition coefficient (Wildman–Crippen LogP) is 2.61. The van der Waals surface area contributed by atoms with Crippen LogP contribution in [0.5, 0.6) is 0 Å². The Kier molecular flexibility index (Phi) is 4.65. The van der Waals surface area contributed by atoms with E-state index >= 15 is 0 Å². The van der Waals surface area contributed by atoms with E-state index < -0.39 is 29.8 Å². The van der Waals surface area contributed by atoms with Gasteiger partial charge >= 0.3 is 12.1 Å². The van der Waals surface area contributed by atoms with Crippen molar-refractivity contribution in [3.8, 4) is 0 Å². The van der Waals surface area contributed by atoms with E-state index in [1.807, 2.05) is 0 Å². The average Bonchev–Trinajstić information content (AvgIpc) is 2.47. The average molecular weight is 311 g/mol. The van der Waals surface area contributed by atoms with Crippen LogP contribution in [0.3, 0.4) is 0 Å². The highest BCUT2D eigenvalue weighted by Gasteiger charge is 2.34. The first-order chi connectivity index (χ1) is 10.4. The van der Waals surface area contributed by atoms with E-state index in [-0.39, 0.29) is 6.61 Å². The molecule has 22 heavy (non-hydrogen) atoms. The number of pyridine rings is 1. The van der Waals surface area contributed by atoms with Gasteiger partial charge in [-0.2, -0.15) is 13.2 Å². The smallest absolute Gasteiger partial charge is 0.421 e. The first-order valence-electron chi connectivity index (χ1n) is 6.34. The topological polar surface area (TPSA) is 48.3 Å². The second-order valence-corrected chi connectivity index (χ2v) is 4.50. The number of carbonyl (C=O) groups excluding carboxylic acids is 1. The van der Waals surface area contributed by atoms with Gasteiger partial charge in [0.15, 0.2) is 0 Å². The molecular formula is C15H12F3NO3. The van der Waals surface area contributed by atoms with Crippen LogP contribution in [-0.2, 0) is 28.9 Å². The third kappa shape index (κ3) is 3.97. The summed E-state index contributed by atoms with van der Waals surface area (Å²) in [5.41, 5.74) is -1.84. The standard InChI is InChI=1S/C15H12F3NO3/c16-15(17,18)12-7-4-8-19(14(12)21)9-13(20)22-10-11-5-2-1-3-6-11/h1-8H,9-10H2. The number of hydrogen-bond donors (Lipinski definition) is 0. The van der Waals surface area contributed by atoms with Crippen molar-refractivity contribution in [2.45, 2.75) is 19.3 Å². The van der Waals surface area contributed by atoms with E-state index in [1.165, 1.54) is 0 Å². The highest BCUT2D eigenvalue weighted by molar-refractivity contribution is 5.69. The zero-order chi connectivity index (χ0) is 16.2. The molecule has 0 aliphatic rings. The van der Waals surface area contributed by atoms with Crippen molar-refractivity contribution in [3.63, 3.8) is 0 Å². The summed E-state index contributed by atoms with van der Waals surface area (Å²) in [7, 11) is 0. The Labute approximate surface area is 123 Å². The minimum Gasteiger partial charge on any atom is -0.459 e. The SMILES string of the molecule is O=C(Cn1cccc(C(F)(F)F)c1=O)OCc1ccccc1. The van der Waals surface area contributed by atoms with Crippen LogP contribution in [0.15, 0.2) is 53.5 Å². The van der Waals surface area contributed by atoms with E-state index in [2.05, 4.69) is 0 Å². The Morgan fingerprint density at radius 2 is 1.77 bits per heavy atom. The molecule has 4 nitrogen and oxygen atoms in total. The quantitative estimate of drug-likeness (QED) is 0.816. The zero-order valence-corrected chi connectivity index (χ0v) is 11.3. The summed E-state index contributed by atoms with van der Waals surface area (Å²) < 4.78 is 43.4. The van der Waals surface area contributed by atoms with E-state index in [1.54, 1.807) is 30.3 Å². The summed E-state index contributed by atoms with van der Waals surface area (Å²) in [5.74, 6) is -0.787. The Balaban J connectivity index is 2.05. The molecule has 0 aliphatic heterocycles. The maximum Gasteiger partial charge on any atom is 0.421 e. The highest BCUT2D eigenvalue weighted by atomic mass is 19.4. The number of esters is 1. The number of aromatic nitrogens is 1. The fourth-order valence-corrected chi connectivity index (χ4v) is 1.80. The fraction of sp³-hybridized carbons (Fsp3) is 0.200. The number of carbonyl (C=O) groups is 1. The van der Waals surface area contributed by atoms with Crippen molar-refractivity contribution in [2.24, 2.45) is 0 Å². The van der Waals surface area contributed by atoms with Gasteiger partial charge in [-0.3, -0.25) is 9.59 Å². The third-order valence-electron chi connectivity index (χ3n) is 2.87. The van der Waals surface area contributed by atoms with Crippen LogP contribution in [-0.4, -0.2) is 10.5 Å². The number of halogens is 3. The molecule has 0 aliphatic carbocycles. The van der Waals surface area contributed by atoms with Gasteiger partial charge in [-0.25, -0.2) is 0 Å². The van der Waals surface area contributed by atoms with Crippen molar-refractivity contribution in [3.05, 3.63) is 70.1 Å². The van der Waals surface area contributed by atoms with Gasteiger partial charge in [0.2, 0.25) is 0 Å². The molecule has 2 rings (SSSR count). The highest BCUT2D eigenvalue weighted by Crippen LogP contribution is 2.25. The molecule has 7 heteroatoms. The van der Waals surface area contributed by atoms with Crippen LogP contribution in [0, 0.1) is 0 Å². The van der Waals surface area contributed by atoms with Gasteiger partial charge in [-0.1, -0.05) is 30.3 Å². The number of benzene rings is 1. The molecule has 0 saturated carbocycles. The minimum absolute atomic E-state index is 0.00656. The van der Waals surface area contributed by atoms with E-state index in [9.17, 15) is 22.8 Å². The van der Waals surface area contributed by atoms with Crippen molar-refractivity contribution in [1.29, 1.82) is 0 Å². The Bertz CT molecular complexity index is 708. The number of nitrogens with zero attached hydrogens (tertiary/aromatic N) is 1. The molecule has 0 N–H and O–H groups in total. The monoisotopic (exact) mass is 311 g/mol. The molecule has 1 aromatic heterocycles. The van der Waals surface area contributed by atoms with Gasteiger partial charge < -0.3 is 9.30 Å². The number of alkyl halides is 3. The second-order valence-electron chi connectivity index (χ2n) is 4.50. The predicted molar refractivity (Wildman–Crippen MR) is 71.9 cm³/mol. The molecule has 0 spiro atoms. The Morgan fingerprint density at radius 3 is 2.41 bits per heavy atom. The molecule has 0 atom stereocenters. The van der Waals surface area contributed by atoms with Crippen molar-refractivity contribution >= 4 is 5.97 Å². The van der Waals surface area contributed by atoms with Crippen LogP contribution in [0.25, 0.3) is 0 Å². The molecule has 0 amide bonds. The molecule has 0 saturated heterocycles. The van der Waals surface area contributed by atoms with Crippen molar-refractivity contribution in [2.75, 3.05) is 0 Å². The third-order valence-corrected chi connectivity index (χ3v) is 2.87. The summed E-state index contributed by atoms with van der Waals surface area (Å²) in [4.78, 5) is 23.3. The van der Waals surface area contributed by atoms with Crippen LogP contribution >= 0.6 is 0 Å². The largest absolute Gasteiger partial charge is 0.459 e. The molecule has 1 aromatic carbocycles. The van der Waals surface area contributed by atoms with Crippen LogP contribution in [0.1, 0.15) is 11.1 Å². The van der Waals surface area contributed by atoms with Gasteiger partial charge in [0.25, 0.3) is 5.56 Å². The molecule has 0 bridgehead atoms. The summed E-state index contributed by atoms with van der Waals surface area (Å²) >= 11 is 0. The summed E-state index contributed by atoms with van der Waals surface area (Å²) in [6, 6.07) is 10.5. The summed E-state index contributed by atoms with van der Waals surface area (Å²) in [6.07, 6.45) is -3.64. The second kappa shape index (κ2) is 6.46. The maximum absolute atomic E-state index is 12.6. The summed E-state index contributed by atoms with van der Waals surface area (Å²) in [5, 5.41) is 0. The molecule has 116 valence electrons. The fourth-order valence-electron chi connectivity index (χ4n) is 1.80. The van der Waals surface area contributed by atoms with Crippen molar-refractivity contribution < 1.29 is 22.7 Å². The zero-order valence-electron chi connectivity index (χ0n) is 11.3. The van der Waals surface area contributed by atoms with Gasteiger partial charge in [-0.05, 0) is 17.7 Å². The number of hydrogen-bond acceptors (Lipinski definition) is 3. The lowest BCUT2D eigenvalue weighted by Gasteiger charge is -2.10. The first kappa shape index (κ1) is 15.8. The van der Waals surface area contributed by atoms with Crippen molar-refractivity contribution in [1.82, 2.24) is 4.57 Å². The first-order valence-corrected chi connectivity index (χ1v) is 6.34. The lowest BCUT2D eigenvalue weighted by Crippen LogP contribution is -2.30. The number of rotatable bonds is 4.